The fourth-order valence-corrected chi connectivity index (χ4v) is 2.15. The summed E-state index contributed by atoms with van der Waals surface area (Å²) in [6, 6.07) is 15.0. The summed E-state index contributed by atoms with van der Waals surface area (Å²) in [7, 11) is 0. The molecule has 2 N–H and O–H groups in total. The van der Waals surface area contributed by atoms with Gasteiger partial charge in [0, 0.05) is 35.8 Å². The molecule has 3 aromatic rings. The molecule has 0 fully saturated rings. The molecule has 2 aromatic carbocycles. The van der Waals surface area contributed by atoms with Gasteiger partial charge < -0.3 is 10.6 Å². The van der Waals surface area contributed by atoms with Crippen molar-refractivity contribution >= 4 is 17.5 Å². The number of hydrogen-bond donors (Lipinski definition) is 2. The Morgan fingerprint density at radius 3 is 2.58 bits per heavy atom. The Kier molecular flexibility index (Phi) is 4.76. The topological polar surface area (TPSA) is 66.9 Å². The lowest BCUT2D eigenvalue weighted by molar-refractivity contribution is 0.0950. The number of halogens is 1. The van der Waals surface area contributed by atoms with Crippen molar-refractivity contribution in [3.63, 3.8) is 0 Å². The van der Waals surface area contributed by atoms with Crippen molar-refractivity contribution in [2.75, 3.05) is 5.32 Å². The molecule has 1 heterocycles. The molecule has 0 spiro atoms. The van der Waals surface area contributed by atoms with Crippen molar-refractivity contribution in [1.29, 1.82) is 0 Å². The van der Waals surface area contributed by atoms with Crippen molar-refractivity contribution < 1.29 is 9.18 Å². The molecule has 0 saturated heterocycles. The third-order valence-electron chi connectivity index (χ3n) is 3.34. The van der Waals surface area contributed by atoms with Crippen LogP contribution in [0.1, 0.15) is 15.9 Å². The minimum Gasteiger partial charge on any atom is -0.348 e. The second-order valence-corrected chi connectivity index (χ2v) is 5.05. The van der Waals surface area contributed by atoms with Crippen LogP contribution in [-0.2, 0) is 6.54 Å². The fraction of sp³-hybridized carbons (Fsp3) is 0.0556. The van der Waals surface area contributed by atoms with Gasteiger partial charge in [-0.25, -0.2) is 14.4 Å². The first kappa shape index (κ1) is 15.6. The van der Waals surface area contributed by atoms with Crippen LogP contribution in [-0.4, -0.2) is 15.9 Å². The molecule has 3 rings (SSSR count). The van der Waals surface area contributed by atoms with E-state index in [1.165, 1.54) is 6.07 Å². The Bertz CT molecular complexity index is 839. The van der Waals surface area contributed by atoms with Gasteiger partial charge >= 0.3 is 0 Å². The molecule has 5 nitrogen and oxygen atoms in total. The van der Waals surface area contributed by atoms with E-state index in [1.54, 1.807) is 54.9 Å². The lowest BCUT2D eigenvalue weighted by atomic mass is 10.1. The maximum atomic E-state index is 13.6. The van der Waals surface area contributed by atoms with Crippen LogP contribution in [0.2, 0.25) is 0 Å². The van der Waals surface area contributed by atoms with E-state index >= 15 is 0 Å². The van der Waals surface area contributed by atoms with Crippen molar-refractivity contribution in [1.82, 2.24) is 15.3 Å². The Balaban J connectivity index is 1.67. The Morgan fingerprint density at radius 2 is 1.79 bits per heavy atom. The smallest absolute Gasteiger partial charge is 0.251 e. The third kappa shape index (κ3) is 3.92. The predicted molar refractivity (Wildman–Crippen MR) is 89.3 cm³/mol. The molecule has 120 valence electrons. The average Bonchev–Trinajstić information content (AvgIpc) is 2.62. The van der Waals surface area contributed by atoms with Gasteiger partial charge in [-0.05, 0) is 30.3 Å². The normalized spacial score (nSPS) is 10.2. The fourth-order valence-electron chi connectivity index (χ4n) is 2.15. The summed E-state index contributed by atoms with van der Waals surface area (Å²) in [5.41, 5.74) is 1.60. The van der Waals surface area contributed by atoms with Gasteiger partial charge in [0.2, 0.25) is 5.95 Å². The molecule has 0 radical (unpaired) electrons. The average molecular weight is 322 g/mol. The maximum absolute atomic E-state index is 13.6. The summed E-state index contributed by atoms with van der Waals surface area (Å²) in [5, 5.41) is 5.73. The number of carbonyl (C=O) groups excluding carboxylic acids is 1. The van der Waals surface area contributed by atoms with Crippen LogP contribution in [0.25, 0.3) is 0 Å². The number of amides is 1. The molecule has 1 aromatic heterocycles. The number of anilines is 2. The molecular weight excluding hydrogens is 307 g/mol. The number of rotatable bonds is 5. The van der Waals surface area contributed by atoms with Crippen LogP contribution >= 0.6 is 0 Å². The summed E-state index contributed by atoms with van der Waals surface area (Å²) < 4.78 is 13.6. The molecule has 1 amide bonds. The van der Waals surface area contributed by atoms with Gasteiger partial charge in [-0.2, -0.15) is 0 Å². The van der Waals surface area contributed by atoms with Gasteiger partial charge in [0.25, 0.3) is 5.91 Å². The Labute approximate surface area is 138 Å². The predicted octanol–water partition coefficient (Wildman–Crippen LogP) is 3.29. The van der Waals surface area contributed by atoms with E-state index in [2.05, 4.69) is 20.6 Å². The highest BCUT2D eigenvalue weighted by Gasteiger charge is 2.08. The number of nitrogens with zero attached hydrogens (tertiary/aromatic N) is 2. The van der Waals surface area contributed by atoms with Gasteiger partial charge in [0.05, 0.1) is 0 Å². The number of carbonyl (C=O) groups is 1. The molecule has 0 aliphatic rings. The zero-order chi connectivity index (χ0) is 16.8. The highest BCUT2D eigenvalue weighted by molar-refractivity contribution is 5.95. The lowest BCUT2D eigenvalue weighted by Gasteiger charge is -2.08. The summed E-state index contributed by atoms with van der Waals surface area (Å²) in [6.07, 6.45) is 3.25. The standard InChI is InChI=1S/C18H15FN4O/c19-16-8-2-1-5-14(16)12-22-17(24)13-6-3-7-15(11-13)23-18-20-9-4-10-21-18/h1-11H,12H2,(H,22,24)(H,20,21,23). The highest BCUT2D eigenvalue weighted by atomic mass is 19.1. The molecule has 0 unspecified atom stereocenters. The van der Waals surface area contributed by atoms with Crippen LogP contribution < -0.4 is 10.6 Å². The second kappa shape index (κ2) is 7.32. The van der Waals surface area contributed by atoms with E-state index in [0.29, 0.717) is 22.8 Å². The minimum absolute atomic E-state index is 0.130. The van der Waals surface area contributed by atoms with E-state index in [1.807, 2.05) is 6.07 Å². The summed E-state index contributed by atoms with van der Waals surface area (Å²) in [6.45, 7) is 0.130. The number of hydrogen-bond acceptors (Lipinski definition) is 4. The second-order valence-electron chi connectivity index (χ2n) is 5.05. The molecule has 0 bridgehead atoms. The first-order valence-electron chi connectivity index (χ1n) is 7.38. The summed E-state index contributed by atoms with van der Waals surface area (Å²) >= 11 is 0. The zero-order valence-corrected chi connectivity index (χ0v) is 12.7. The van der Waals surface area contributed by atoms with Crippen molar-refractivity contribution in [2.45, 2.75) is 6.54 Å². The third-order valence-corrected chi connectivity index (χ3v) is 3.34. The van der Waals surface area contributed by atoms with Gasteiger partial charge in [0.15, 0.2) is 0 Å². The molecular formula is C18H15FN4O. The molecule has 6 heteroatoms. The zero-order valence-electron chi connectivity index (χ0n) is 12.7. The van der Waals surface area contributed by atoms with E-state index in [9.17, 15) is 9.18 Å². The number of benzene rings is 2. The molecule has 0 aliphatic heterocycles. The molecule has 0 aliphatic carbocycles. The Hall–Kier alpha value is -3.28. The monoisotopic (exact) mass is 322 g/mol. The van der Waals surface area contributed by atoms with E-state index in [0.717, 1.165) is 0 Å². The quantitative estimate of drug-likeness (QED) is 0.756. The molecule has 0 atom stereocenters. The first-order valence-corrected chi connectivity index (χ1v) is 7.38. The van der Waals surface area contributed by atoms with Crippen LogP contribution in [0, 0.1) is 5.82 Å². The van der Waals surface area contributed by atoms with Gasteiger partial charge in [-0.1, -0.05) is 24.3 Å². The van der Waals surface area contributed by atoms with Gasteiger partial charge in [-0.15, -0.1) is 0 Å². The number of aromatic nitrogens is 2. The van der Waals surface area contributed by atoms with Crippen LogP contribution in [0.3, 0.4) is 0 Å². The number of nitrogens with one attached hydrogen (secondary N) is 2. The SMILES string of the molecule is O=C(NCc1ccccc1F)c1cccc(Nc2ncccn2)c1. The van der Waals surface area contributed by atoms with E-state index in [4.69, 9.17) is 0 Å². The van der Waals surface area contributed by atoms with Crippen molar-refractivity contribution in [3.05, 3.63) is 83.9 Å². The van der Waals surface area contributed by atoms with Crippen LogP contribution in [0.15, 0.2) is 67.0 Å². The highest BCUT2D eigenvalue weighted by Crippen LogP contribution is 2.14. The van der Waals surface area contributed by atoms with Crippen LogP contribution in [0.4, 0.5) is 16.0 Å². The maximum Gasteiger partial charge on any atom is 0.251 e. The van der Waals surface area contributed by atoms with Gasteiger partial charge in [0.1, 0.15) is 5.82 Å². The molecule has 24 heavy (non-hydrogen) atoms. The summed E-state index contributed by atoms with van der Waals surface area (Å²) in [4.78, 5) is 20.4. The largest absolute Gasteiger partial charge is 0.348 e. The van der Waals surface area contributed by atoms with E-state index in [-0.39, 0.29) is 18.3 Å². The summed E-state index contributed by atoms with van der Waals surface area (Å²) in [5.74, 6) is -0.174. The van der Waals surface area contributed by atoms with Crippen molar-refractivity contribution in [2.24, 2.45) is 0 Å². The van der Waals surface area contributed by atoms with Crippen LogP contribution in [0.5, 0.6) is 0 Å². The minimum atomic E-state index is -0.338. The molecule has 0 saturated carbocycles. The first-order chi connectivity index (χ1) is 11.7. The lowest BCUT2D eigenvalue weighted by Crippen LogP contribution is -2.23. The van der Waals surface area contributed by atoms with E-state index < -0.39 is 0 Å². The van der Waals surface area contributed by atoms with Gasteiger partial charge in [-0.3, -0.25) is 4.79 Å². The Morgan fingerprint density at radius 1 is 1.00 bits per heavy atom. The van der Waals surface area contributed by atoms with Crippen molar-refractivity contribution in [3.8, 4) is 0 Å².